The van der Waals surface area contributed by atoms with Crippen LogP contribution < -0.4 is 0 Å². The molecule has 0 atom stereocenters. The van der Waals surface area contributed by atoms with Crippen LogP contribution in [-0.2, 0) is 0 Å². The fourth-order valence-electron chi connectivity index (χ4n) is 1.41. The molecule has 0 N–H and O–H groups in total. The second kappa shape index (κ2) is 4.58. The lowest BCUT2D eigenvalue weighted by atomic mass is 9.99. The van der Waals surface area contributed by atoms with Gasteiger partial charge in [0.1, 0.15) is 0 Å². The Morgan fingerprint density at radius 3 is 2.64 bits per heavy atom. The van der Waals surface area contributed by atoms with Crippen molar-refractivity contribution in [3.8, 4) is 6.07 Å². The number of nitriles is 1. The highest BCUT2D eigenvalue weighted by Crippen LogP contribution is 2.15. The highest BCUT2D eigenvalue weighted by molar-refractivity contribution is 6.18. The smallest absolute Gasteiger partial charge is 0.0656 e. The van der Waals surface area contributed by atoms with Gasteiger partial charge in [-0.1, -0.05) is 0 Å². The number of rotatable bonds is 2. The number of hydrogen-bond donors (Lipinski definition) is 0. The molecular weight excluding hydrogens is 162 g/mol. The monoisotopic (exact) mass is 174 g/mol. The predicted molar refractivity (Wildman–Crippen MR) is 45.5 cm³/mol. The van der Waals surface area contributed by atoms with E-state index in [0.29, 0.717) is 11.8 Å². The molecule has 0 aliphatic carbocycles. The van der Waals surface area contributed by atoms with Crippen molar-refractivity contribution in [3.63, 3.8) is 0 Å². The molecule has 0 aromatic rings. The van der Waals surface area contributed by atoms with Crippen molar-refractivity contribution >= 4 is 11.6 Å². The average Bonchev–Trinajstić information content (AvgIpc) is 2.07. The number of nitrogens with zero attached hydrogens (tertiary/aromatic N) is 2. The van der Waals surface area contributed by atoms with Gasteiger partial charge in [0, 0.05) is 18.3 Å². The Morgan fingerprint density at radius 1 is 1.55 bits per heavy atom. The number of piperidine rings is 1. The summed E-state index contributed by atoms with van der Waals surface area (Å²) in [5, 5.41) is 8.61. The van der Waals surface area contributed by atoms with E-state index < -0.39 is 0 Å². The Balaban J connectivity index is 2.20. The summed E-state index contributed by atoms with van der Waals surface area (Å²) in [6.07, 6.45) is 2.04. The minimum atomic E-state index is 0.293. The van der Waals surface area contributed by atoms with Gasteiger partial charge in [-0.2, -0.15) is 5.26 Å². The van der Waals surface area contributed by atoms with E-state index in [0.717, 1.165) is 32.5 Å². The molecule has 3 heteroatoms. The fraction of sp³-hybridized carbons (Fsp3) is 0.875. The van der Waals surface area contributed by atoms with Crippen LogP contribution >= 0.6 is 11.6 Å². The second-order valence-corrected chi connectivity index (χ2v) is 3.31. The Kier molecular flexibility index (Phi) is 3.68. The first kappa shape index (κ1) is 8.83. The molecule has 0 bridgehead atoms. The molecule has 1 fully saturated rings. The lowest BCUT2D eigenvalue weighted by Gasteiger charge is -2.27. The molecule has 1 aliphatic rings. The van der Waals surface area contributed by atoms with Crippen molar-refractivity contribution < 1.29 is 0 Å². The van der Waals surface area contributed by atoms with Gasteiger partial charge in [0.25, 0.3) is 0 Å². The SMILES string of the molecule is N#CC1CCN(C[14CH2]Cl)CC1. The second-order valence-electron chi connectivity index (χ2n) is 2.93. The van der Waals surface area contributed by atoms with Gasteiger partial charge in [0.05, 0.1) is 6.07 Å². The normalized spacial score (nSPS) is 21.5. The van der Waals surface area contributed by atoms with E-state index in [9.17, 15) is 0 Å². The van der Waals surface area contributed by atoms with Crippen molar-refractivity contribution in [1.29, 1.82) is 5.26 Å². The van der Waals surface area contributed by atoms with E-state index in [1.54, 1.807) is 0 Å². The molecule has 0 radical (unpaired) electrons. The lowest BCUT2D eigenvalue weighted by Crippen LogP contribution is -2.34. The zero-order valence-corrected chi connectivity index (χ0v) is 7.35. The number of alkyl halides is 1. The summed E-state index contributed by atoms with van der Waals surface area (Å²) in [6, 6.07) is 2.31. The summed E-state index contributed by atoms with van der Waals surface area (Å²) in [4.78, 5) is 2.32. The molecular formula is C8H13ClN2. The molecule has 2 nitrogen and oxygen atoms in total. The van der Waals surface area contributed by atoms with Crippen LogP contribution in [0.5, 0.6) is 0 Å². The van der Waals surface area contributed by atoms with Crippen LogP contribution in [0.15, 0.2) is 0 Å². The quantitative estimate of drug-likeness (QED) is 0.593. The molecule has 0 spiro atoms. The third-order valence-electron chi connectivity index (χ3n) is 2.17. The zero-order chi connectivity index (χ0) is 8.10. The van der Waals surface area contributed by atoms with E-state index in [1.165, 1.54) is 0 Å². The van der Waals surface area contributed by atoms with Crippen LogP contribution in [0, 0.1) is 17.2 Å². The van der Waals surface area contributed by atoms with Crippen LogP contribution in [0.25, 0.3) is 0 Å². The van der Waals surface area contributed by atoms with E-state index in [2.05, 4.69) is 11.0 Å². The van der Waals surface area contributed by atoms with Crippen LogP contribution in [0.1, 0.15) is 12.8 Å². The van der Waals surface area contributed by atoms with Gasteiger partial charge in [0.15, 0.2) is 0 Å². The summed E-state index contributed by atoms with van der Waals surface area (Å²) < 4.78 is 0. The van der Waals surface area contributed by atoms with Gasteiger partial charge >= 0.3 is 0 Å². The summed E-state index contributed by atoms with van der Waals surface area (Å²) in [7, 11) is 0. The van der Waals surface area contributed by atoms with E-state index in [1.807, 2.05) is 0 Å². The Morgan fingerprint density at radius 2 is 2.18 bits per heavy atom. The first-order valence-electron chi connectivity index (χ1n) is 4.04. The molecule has 11 heavy (non-hydrogen) atoms. The Bertz CT molecular complexity index is 145. The standard InChI is InChI=1S/C8H13ClN2/c9-3-6-11-4-1-8(7-10)2-5-11/h8H,1-6H2/i3+2. The van der Waals surface area contributed by atoms with Crippen molar-refractivity contribution in [2.45, 2.75) is 12.8 Å². The maximum absolute atomic E-state index is 8.61. The Labute approximate surface area is 72.7 Å². The van der Waals surface area contributed by atoms with Crippen molar-refractivity contribution in [3.05, 3.63) is 0 Å². The molecule has 0 aromatic heterocycles. The van der Waals surface area contributed by atoms with Gasteiger partial charge in [-0.3, -0.25) is 0 Å². The van der Waals surface area contributed by atoms with E-state index in [4.69, 9.17) is 16.9 Å². The van der Waals surface area contributed by atoms with Gasteiger partial charge in [0.2, 0.25) is 0 Å². The van der Waals surface area contributed by atoms with Crippen LogP contribution in [0.2, 0.25) is 0 Å². The molecule has 1 saturated heterocycles. The third kappa shape index (κ3) is 2.69. The summed E-state index contributed by atoms with van der Waals surface area (Å²) in [5.74, 6) is 0.999. The molecule has 0 unspecified atom stereocenters. The first-order valence-corrected chi connectivity index (χ1v) is 4.58. The molecule has 1 rings (SSSR count). The van der Waals surface area contributed by atoms with Gasteiger partial charge in [-0.15, -0.1) is 11.6 Å². The maximum Gasteiger partial charge on any atom is 0.0656 e. The first-order chi connectivity index (χ1) is 5.36. The van der Waals surface area contributed by atoms with Crippen LogP contribution in [-0.4, -0.2) is 30.4 Å². The molecule has 0 amide bonds. The number of likely N-dealkylation sites (tertiary alicyclic amines) is 1. The summed E-state index contributed by atoms with van der Waals surface area (Å²) >= 11 is 5.60. The van der Waals surface area contributed by atoms with Crippen molar-refractivity contribution in [2.75, 3.05) is 25.5 Å². The fourth-order valence-corrected chi connectivity index (χ4v) is 1.64. The van der Waals surface area contributed by atoms with E-state index in [-0.39, 0.29) is 0 Å². The summed E-state index contributed by atoms with van der Waals surface area (Å²) in [6.45, 7) is 3.07. The minimum Gasteiger partial charge on any atom is -0.302 e. The number of hydrogen-bond acceptors (Lipinski definition) is 2. The van der Waals surface area contributed by atoms with Crippen LogP contribution in [0.4, 0.5) is 0 Å². The molecule has 0 aromatic carbocycles. The van der Waals surface area contributed by atoms with Crippen LogP contribution in [0.3, 0.4) is 0 Å². The topological polar surface area (TPSA) is 27.0 Å². The lowest BCUT2D eigenvalue weighted by molar-refractivity contribution is 0.216. The van der Waals surface area contributed by atoms with Crippen molar-refractivity contribution in [2.24, 2.45) is 5.92 Å². The van der Waals surface area contributed by atoms with Crippen molar-refractivity contribution in [1.82, 2.24) is 4.90 Å². The zero-order valence-electron chi connectivity index (χ0n) is 6.59. The number of halogens is 1. The highest BCUT2D eigenvalue weighted by Gasteiger charge is 2.17. The van der Waals surface area contributed by atoms with Gasteiger partial charge in [-0.25, -0.2) is 0 Å². The third-order valence-corrected chi connectivity index (χ3v) is 2.34. The molecule has 1 heterocycles. The Hall–Kier alpha value is -0.260. The minimum absolute atomic E-state index is 0.293. The highest BCUT2D eigenvalue weighted by atomic mass is 35.5. The van der Waals surface area contributed by atoms with Gasteiger partial charge < -0.3 is 4.90 Å². The summed E-state index contributed by atoms with van der Waals surface area (Å²) in [5.41, 5.74) is 0. The largest absolute Gasteiger partial charge is 0.302 e. The molecule has 62 valence electrons. The molecule has 0 saturated carbocycles. The molecule has 1 aliphatic heterocycles. The maximum atomic E-state index is 8.61. The van der Waals surface area contributed by atoms with Gasteiger partial charge in [-0.05, 0) is 25.9 Å². The predicted octanol–water partition coefficient (Wildman–Crippen LogP) is 1.46. The average molecular weight is 175 g/mol. The van der Waals surface area contributed by atoms with E-state index >= 15 is 0 Å².